The average Bonchev–Trinajstić information content (AvgIpc) is 2.21. The smallest absolute Gasteiger partial charge is 0.0701 e. The Morgan fingerprint density at radius 3 is 2.08 bits per heavy atom. The van der Waals surface area contributed by atoms with E-state index in [0.29, 0.717) is 0 Å². The van der Waals surface area contributed by atoms with E-state index in [1.807, 2.05) is 42.6 Å². The van der Waals surface area contributed by atoms with Crippen LogP contribution in [0.3, 0.4) is 0 Å². The fourth-order valence-corrected chi connectivity index (χ4v) is 1.14. The Balaban J connectivity index is 0.000000845. The molecule has 0 unspecified atom stereocenters. The molecule has 0 amide bonds. The van der Waals surface area contributed by atoms with E-state index in [1.165, 1.54) is 0 Å². The second-order valence-electron chi connectivity index (χ2n) is 2.58. The SMILES string of the molecule is [Nb].c1ccc(-c2ccccn2)cc1. The molecule has 1 heterocycles. The predicted molar refractivity (Wildman–Crippen MR) is 49.7 cm³/mol. The molecule has 0 aliphatic heterocycles. The molecule has 2 heteroatoms. The van der Waals surface area contributed by atoms with Gasteiger partial charge in [0.1, 0.15) is 0 Å². The normalized spacial score (nSPS) is 8.92. The van der Waals surface area contributed by atoms with Gasteiger partial charge in [0.25, 0.3) is 0 Å². The van der Waals surface area contributed by atoms with Crippen molar-refractivity contribution in [1.82, 2.24) is 4.98 Å². The van der Waals surface area contributed by atoms with Crippen LogP contribution in [0.1, 0.15) is 0 Å². The van der Waals surface area contributed by atoms with Crippen LogP contribution >= 0.6 is 0 Å². The topological polar surface area (TPSA) is 12.9 Å². The van der Waals surface area contributed by atoms with Gasteiger partial charge in [-0.05, 0) is 12.1 Å². The quantitative estimate of drug-likeness (QED) is 0.707. The first-order valence-corrected chi connectivity index (χ1v) is 3.93. The van der Waals surface area contributed by atoms with Crippen molar-refractivity contribution < 1.29 is 22.4 Å². The van der Waals surface area contributed by atoms with Crippen molar-refractivity contribution >= 4 is 0 Å². The van der Waals surface area contributed by atoms with Crippen molar-refractivity contribution in [2.45, 2.75) is 0 Å². The summed E-state index contributed by atoms with van der Waals surface area (Å²) in [4.78, 5) is 4.25. The van der Waals surface area contributed by atoms with Gasteiger partial charge in [-0.25, -0.2) is 0 Å². The molecule has 0 saturated carbocycles. The van der Waals surface area contributed by atoms with Crippen LogP contribution in [0.15, 0.2) is 54.7 Å². The third-order valence-electron chi connectivity index (χ3n) is 1.73. The molecule has 0 fully saturated rings. The van der Waals surface area contributed by atoms with Crippen LogP contribution in [-0.4, -0.2) is 4.98 Å². The van der Waals surface area contributed by atoms with Crippen LogP contribution < -0.4 is 0 Å². The second kappa shape index (κ2) is 4.97. The van der Waals surface area contributed by atoms with Crippen molar-refractivity contribution in [3.05, 3.63) is 54.7 Å². The molecule has 2 aromatic rings. The zero-order valence-electron chi connectivity index (χ0n) is 7.09. The number of aromatic nitrogens is 1. The summed E-state index contributed by atoms with van der Waals surface area (Å²) in [7, 11) is 0. The van der Waals surface area contributed by atoms with Gasteiger partial charge in [-0.1, -0.05) is 36.4 Å². The number of hydrogen-bond donors (Lipinski definition) is 0. The Kier molecular flexibility index (Phi) is 3.90. The Morgan fingerprint density at radius 2 is 1.46 bits per heavy atom. The van der Waals surface area contributed by atoms with Crippen LogP contribution in [0.25, 0.3) is 11.3 Å². The van der Waals surface area contributed by atoms with Gasteiger partial charge in [-0.15, -0.1) is 0 Å². The molecule has 0 aliphatic rings. The summed E-state index contributed by atoms with van der Waals surface area (Å²) in [5, 5.41) is 0. The number of rotatable bonds is 1. The predicted octanol–water partition coefficient (Wildman–Crippen LogP) is 2.75. The van der Waals surface area contributed by atoms with Gasteiger partial charge in [0.2, 0.25) is 0 Å². The van der Waals surface area contributed by atoms with Crippen molar-refractivity contribution in [3.8, 4) is 11.3 Å². The summed E-state index contributed by atoms with van der Waals surface area (Å²) in [6.07, 6.45) is 1.81. The number of benzene rings is 1. The van der Waals surface area contributed by atoms with E-state index in [4.69, 9.17) is 0 Å². The van der Waals surface area contributed by atoms with E-state index >= 15 is 0 Å². The van der Waals surface area contributed by atoms with Gasteiger partial charge >= 0.3 is 0 Å². The van der Waals surface area contributed by atoms with E-state index in [-0.39, 0.29) is 22.4 Å². The average molecular weight is 248 g/mol. The minimum Gasteiger partial charge on any atom is -0.256 e. The third-order valence-corrected chi connectivity index (χ3v) is 1.73. The summed E-state index contributed by atoms with van der Waals surface area (Å²) in [5.41, 5.74) is 2.19. The number of nitrogens with zero attached hydrogens (tertiary/aromatic N) is 1. The largest absolute Gasteiger partial charge is 0.256 e. The summed E-state index contributed by atoms with van der Waals surface area (Å²) >= 11 is 0. The Morgan fingerprint density at radius 1 is 0.769 bits per heavy atom. The molecule has 1 nitrogen and oxygen atoms in total. The molecule has 63 valence electrons. The van der Waals surface area contributed by atoms with E-state index in [9.17, 15) is 0 Å². The Bertz CT molecular complexity index is 307. The molecule has 0 N–H and O–H groups in total. The van der Waals surface area contributed by atoms with Crippen LogP contribution in [0.5, 0.6) is 0 Å². The van der Waals surface area contributed by atoms with Gasteiger partial charge in [-0.2, -0.15) is 0 Å². The van der Waals surface area contributed by atoms with Crippen LogP contribution in [-0.2, 0) is 22.4 Å². The van der Waals surface area contributed by atoms with Gasteiger partial charge in [-0.3, -0.25) is 4.98 Å². The summed E-state index contributed by atoms with van der Waals surface area (Å²) in [6.45, 7) is 0. The third kappa shape index (κ3) is 2.52. The molecule has 13 heavy (non-hydrogen) atoms. The van der Waals surface area contributed by atoms with Gasteiger partial charge in [0.05, 0.1) is 5.69 Å². The van der Waals surface area contributed by atoms with Gasteiger partial charge < -0.3 is 0 Å². The zero-order chi connectivity index (χ0) is 8.23. The summed E-state index contributed by atoms with van der Waals surface area (Å²) < 4.78 is 0. The molecular weight excluding hydrogens is 239 g/mol. The zero-order valence-corrected chi connectivity index (χ0v) is 9.29. The van der Waals surface area contributed by atoms with Crippen molar-refractivity contribution in [1.29, 1.82) is 0 Å². The first-order chi connectivity index (χ1) is 5.97. The minimum atomic E-state index is 0. The maximum Gasteiger partial charge on any atom is 0.0701 e. The first kappa shape index (κ1) is 10.2. The fraction of sp³-hybridized carbons (Fsp3) is 0. The Labute approximate surface area is 93.3 Å². The van der Waals surface area contributed by atoms with Gasteiger partial charge in [0.15, 0.2) is 0 Å². The molecule has 0 saturated heterocycles. The van der Waals surface area contributed by atoms with Gasteiger partial charge in [0, 0.05) is 34.1 Å². The molecular formula is C11H9NNb. The molecule has 2 rings (SSSR count). The molecule has 0 bridgehead atoms. The molecule has 1 aromatic carbocycles. The molecule has 0 aliphatic carbocycles. The fourth-order valence-electron chi connectivity index (χ4n) is 1.14. The molecule has 0 spiro atoms. The van der Waals surface area contributed by atoms with Crippen LogP contribution in [0.2, 0.25) is 0 Å². The van der Waals surface area contributed by atoms with Crippen molar-refractivity contribution in [2.24, 2.45) is 0 Å². The monoisotopic (exact) mass is 248 g/mol. The second-order valence-corrected chi connectivity index (χ2v) is 2.58. The van der Waals surface area contributed by atoms with E-state index < -0.39 is 0 Å². The van der Waals surface area contributed by atoms with E-state index in [2.05, 4.69) is 17.1 Å². The minimum absolute atomic E-state index is 0. The van der Waals surface area contributed by atoms with Crippen LogP contribution in [0, 0.1) is 0 Å². The number of pyridine rings is 1. The summed E-state index contributed by atoms with van der Waals surface area (Å²) in [6, 6.07) is 16.1. The van der Waals surface area contributed by atoms with Crippen molar-refractivity contribution in [2.75, 3.05) is 0 Å². The molecule has 1 aromatic heterocycles. The summed E-state index contributed by atoms with van der Waals surface area (Å²) in [5.74, 6) is 0. The maximum absolute atomic E-state index is 4.25. The maximum atomic E-state index is 4.25. The van der Waals surface area contributed by atoms with E-state index in [1.54, 1.807) is 0 Å². The van der Waals surface area contributed by atoms with Crippen molar-refractivity contribution in [3.63, 3.8) is 0 Å². The standard InChI is InChI=1S/C11H9N.Nb/c1-2-6-10(7-3-1)11-8-4-5-9-12-11;/h1-9H;. The first-order valence-electron chi connectivity index (χ1n) is 3.93. The molecule has 1 radical (unpaired) electrons. The Hall–Kier alpha value is -0.890. The van der Waals surface area contributed by atoms with E-state index in [0.717, 1.165) is 11.3 Å². The number of hydrogen-bond acceptors (Lipinski definition) is 1. The molecule has 0 atom stereocenters. The van der Waals surface area contributed by atoms with Crippen LogP contribution in [0.4, 0.5) is 0 Å².